The van der Waals surface area contributed by atoms with Crippen LogP contribution in [-0.2, 0) is 0 Å². The second-order valence-electron chi connectivity index (χ2n) is 4.21. The quantitative estimate of drug-likeness (QED) is 0.891. The molecule has 0 unspecified atom stereocenters. The van der Waals surface area contributed by atoms with E-state index in [-0.39, 0.29) is 11.6 Å². The summed E-state index contributed by atoms with van der Waals surface area (Å²) < 4.78 is 5.21. The van der Waals surface area contributed by atoms with Crippen LogP contribution in [0.5, 0.6) is 5.75 Å². The van der Waals surface area contributed by atoms with Gasteiger partial charge in [-0.2, -0.15) is 0 Å². The van der Waals surface area contributed by atoms with Crippen molar-refractivity contribution in [3.8, 4) is 5.75 Å². The van der Waals surface area contributed by atoms with Gasteiger partial charge in [-0.3, -0.25) is 4.79 Å². The Morgan fingerprint density at radius 1 is 1.20 bits per heavy atom. The molecule has 2 aromatic rings. The fourth-order valence-electron chi connectivity index (χ4n) is 1.69. The summed E-state index contributed by atoms with van der Waals surface area (Å²) in [6.07, 6.45) is 0. The van der Waals surface area contributed by atoms with E-state index in [1.807, 2.05) is 19.1 Å². The average Bonchev–Trinajstić information content (AvgIpc) is 2.47. The first-order valence-corrected chi connectivity index (χ1v) is 6.11. The van der Waals surface area contributed by atoms with E-state index in [1.54, 1.807) is 32.4 Å². The lowest BCUT2D eigenvalue weighted by atomic mass is 10.2. The minimum absolute atomic E-state index is 0.243. The Hall–Kier alpha value is -2.63. The first-order valence-electron chi connectivity index (χ1n) is 6.11. The SMILES string of the molecule is CNc1ccc(C(=O)Nc2cc(C)ccc2OC)nn1. The normalized spacial score (nSPS) is 9.95. The predicted molar refractivity (Wildman–Crippen MR) is 77.3 cm³/mol. The summed E-state index contributed by atoms with van der Waals surface area (Å²) in [6.45, 7) is 1.94. The van der Waals surface area contributed by atoms with Gasteiger partial charge in [0.2, 0.25) is 0 Å². The number of aromatic nitrogens is 2. The smallest absolute Gasteiger partial charge is 0.276 e. The molecule has 0 saturated heterocycles. The van der Waals surface area contributed by atoms with Gasteiger partial charge >= 0.3 is 0 Å². The van der Waals surface area contributed by atoms with Crippen LogP contribution in [0.1, 0.15) is 16.1 Å². The van der Waals surface area contributed by atoms with Crippen molar-refractivity contribution in [1.29, 1.82) is 0 Å². The maximum absolute atomic E-state index is 12.1. The number of carbonyl (C=O) groups is 1. The molecule has 0 radical (unpaired) electrons. The number of amides is 1. The number of aryl methyl sites for hydroxylation is 1. The molecule has 1 heterocycles. The third kappa shape index (κ3) is 3.03. The van der Waals surface area contributed by atoms with Crippen molar-refractivity contribution in [2.45, 2.75) is 6.92 Å². The highest BCUT2D eigenvalue weighted by Crippen LogP contribution is 2.25. The van der Waals surface area contributed by atoms with Crippen LogP contribution in [0.25, 0.3) is 0 Å². The lowest BCUT2D eigenvalue weighted by molar-refractivity contribution is 0.102. The van der Waals surface area contributed by atoms with Crippen molar-refractivity contribution in [2.75, 3.05) is 24.8 Å². The number of ether oxygens (including phenoxy) is 1. The van der Waals surface area contributed by atoms with Gasteiger partial charge in [0, 0.05) is 7.05 Å². The first-order chi connectivity index (χ1) is 9.63. The summed E-state index contributed by atoms with van der Waals surface area (Å²) in [5, 5.41) is 13.3. The van der Waals surface area contributed by atoms with Gasteiger partial charge in [-0.1, -0.05) is 6.07 Å². The van der Waals surface area contributed by atoms with Gasteiger partial charge in [0.05, 0.1) is 12.8 Å². The van der Waals surface area contributed by atoms with E-state index in [0.717, 1.165) is 5.56 Å². The predicted octanol–water partition coefficient (Wildman–Crippen LogP) is 2.09. The van der Waals surface area contributed by atoms with Gasteiger partial charge in [0.15, 0.2) is 5.69 Å². The van der Waals surface area contributed by atoms with E-state index in [4.69, 9.17) is 4.74 Å². The molecular formula is C14H16N4O2. The Labute approximate surface area is 117 Å². The van der Waals surface area contributed by atoms with Crippen LogP contribution < -0.4 is 15.4 Å². The number of methoxy groups -OCH3 is 1. The van der Waals surface area contributed by atoms with Crippen molar-refractivity contribution >= 4 is 17.4 Å². The number of rotatable bonds is 4. The van der Waals surface area contributed by atoms with Gasteiger partial charge in [0.25, 0.3) is 5.91 Å². The molecule has 2 N–H and O–H groups in total. The van der Waals surface area contributed by atoms with Crippen molar-refractivity contribution in [2.24, 2.45) is 0 Å². The zero-order chi connectivity index (χ0) is 14.5. The Morgan fingerprint density at radius 3 is 2.60 bits per heavy atom. The first kappa shape index (κ1) is 13.8. The summed E-state index contributed by atoms with van der Waals surface area (Å²) in [5.41, 5.74) is 1.88. The van der Waals surface area contributed by atoms with Crippen LogP contribution in [0.3, 0.4) is 0 Å². The summed E-state index contributed by atoms with van der Waals surface area (Å²) in [7, 11) is 3.29. The molecule has 0 aliphatic rings. The van der Waals surface area contributed by atoms with Gasteiger partial charge in [-0.25, -0.2) is 0 Å². The number of hydrogen-bond acceptors (Lipinski definition) is 5. The number of nitrogens with zero attached hydrogens (tertiary/aromatic N) is 2. The van der Waals surface area contributed by atoms with Gasteiger partial charge in [0.1, 0.15) is 11.6 Å². The van der Waals surface area contributed by atoms with E-state index in [2.05, 4.69) is 20.8 Å². The van der Waals surface area contributed by atoms with Crippen LogP contribution >= 0.6 is 0 Å². The topological polar surface area (TPSA) is 76.1 Å². The fourth-order valence-corrected chi connectivity index (χ4v) is 1.69. The molecule has 1 amide bonds. The fraction of sp³-hybridized carbons (Fsp3) is 0.214. The van der Waals surface area contributed by atoms with Gasteiger partial charge in [-0.05, 0) is 36.8 Å². The number of nitrogens with one attached hydrogen (secondary N) is 2. The Kier molecular flexibility index (Phi) is 4.14. The van der Waals surface area contributed by atoms with E-state index in [9.17, 15) is 4.79 Å². The summed E-state index contributed by atoms with van der Waals surface area (Å²) >= 11 is 0. The van der Waals surface area contributed by atoms with Crippen molar-refractivity contribution in [1.82, 2.24) is 10.2 Å². The molecule has 20 heavy (non-hydrogen) atoms. The molecule has 0 fully saturated rings. The van der Waals surface area contributed by atoms with E-state index in [1.165, 1.54) is 0 Å². The van der Waals surface area contributed by atoms with E-state index in [0.29, 0.717) is 17.3 Å². The third-order valence-electron chi connectivity index (χ3n) is 2.76. The molecule has 0 spiro atoms. The van der Waals surface area contributed by atoms with Crippen LogP contribution in [0.15, 0.2) is 30.3 Å². The highest BCUT2D eigenvalue weighted by Gasteiger charge is 2.11. The number of anilines is 2. The molecule has 0 atom stereocenters. The Bertz CT molecular complexity index is 611. The van der Waals surface area contributed by atoms with Crippen LogP contribution in [0.4, 0.5) is 11.5 Å². The molecular weight excluding hydrogens is 256 g/mol. The minimum Gasteiger partial charge on any atom is -0.495 e. The highest BCUT2D eigenvalue weighted by atomic mass is 16.5. The number of carbonyl (C=O) groups excluding carboxylic acids is 1. The number of benzene rings is 1. The molecule has 2 rings (SSSR count). The molecule has 104 valence electrons. The van der Waals surface area contributed by atoms with Gasteiger partial charge < -0.3 is 15.4 Å². The van der Waals surface area contributed by atoms with Crippen LogP contribution in [0, 0.1) is 6.92 Å². The van der Waals surface area contributed by atoms with Crippen molar-refractivity contribution in [3.63, 3.8) is 0 Å². The zero-order valence-electron chi connectivity index (χ0n) is 11.6. The molecule has 6 nitrogen and oxygen atoms in total. The number of hydrogen-bond donors (Lipinski definition) is 2. The maximum atomic E-state index is 12.1. The lowest BCUT2D eigenvalue weighted by Gasteiger charge is -2.10. The van der Waals surface area contributed by atoms with E-state index >= 15 is 0 Å². The van der Waals surface area contributed by atoms with E-state index < -0.39 is 0 Å². The molecule has 0 bridgehead atoms. The summed E-state index contributed by atoms with van der Waals surface area (Å²) in [4.78, 5) is 12.1. The zero-order valence-corrected chi connectivity index (χ0v) is 11.6. The standard InChI is InChI=1S/C14H16N4O2/c1-9-4-6-12(20-3)11(8-9)16-14(19)10-5-7-13(15-2)18-17-10/h4-8H,1-3H3,(H,15,18)(H,16,19). The molecule has 6 heteroatoms. The molecule has 0 aliphatic carbocycles. The molecule has 0 aliphatic heterocycles. The van der Waals surface area contributed by atoms with Crippen LogP contribution in [0.2, 0.25) is 0 Å². The third-order valence-corrected chi connectivity index (χ3v) is 2.76. The largest absolute Gasteiger partial charge is 0.495 e. The second kappa shape index (κ2) is 6.01. The molecule has 1 aromatic heterocycles. The average molecular weight is 272 g/mol. The second-order valence-corrected chi connectivity index (χ2v) is 4.21. The van der Waals surface area contributed by atoms with Crippen LogP contribution in [-0.4, -0.2) is 30.3 Å². The Balaban J connectivity index is 2.20. The summed E-state index contributed by atoms with van der Waals surface area (Å²) in [6, 6.07) is 8.86. The minimum atomic E-state index is -0.330. The highest BCUT2D eigenvalue weighted by molar-refractivity contribution is 6.03. The lowest BCUT2D eigenvalue weighted by Crippen LogP contribution is -2.15. The van der Waals surface area contributed by atoms with Crippen molar-refractivity contribution < 1.29 is 9.53 Å². The summed E-state index contributed by atoms with van der Waals surface area (Å²) in [5.74, 6) is 0.877. The van der Waals surface area contributed by atoms with Crippen molar-refractivity contribution in [3.05, 3.63) is 41.6 Å². The molecule has 1 aromatic carbocycles. The maximum Gasteiger partial charge on any atom is 0.276 e. The van der Waals surface area contributed by atoms with Gasteiger partial charge in [-0.15, -0.1) is 10.2 Å². The molecule has 0 saturated carbocycles. The monoisotopic (exact) mass is 272 g/mol. The Morgan fingerprint density at radius 2 is 2.00 bits per heavy atom.